The molecule has 1 fully saturated rings. The van der Waals surface area contributed by atoms with Gasteiger partial charge in [-0.1, -0.05) is 18.2 Å². The zero-order valence-corrected chi connectivity index (χ0v) is 22.2. The van der Waals surface area contributed by atoms with Gasteiger partial charge in [-0.3, -0.25) is 9.59 Å². The number of hydrogen-bond donors (Lipinski definition) is 3. The zero-order chi connectivity index (χ0) is 28.6. The molecular formula is C28H28F2N6O4. The molecule has 12 heteroatoms. The van der Waals surface area contributed by atoms with Gasteiger partial charge in [-0.25, -0.2) is 23.5 Å². The molecule has 0 bridgehead atoms. The molecule has 3 amide bonds. The molecule has 2 aromatic carbocycles. The number of hydrogen-bond acceptors (Lipinski definition) is 7. The highest BCUT2D eigenvalue weighted by Crippen LogP contribution is 2.30. The normalized spacial score (nSPS) is 14.7. The maximum Gasteiger partial charge on any atom is 0.410 e. The molecule has 0 saturated carbocycles. The molecule has 1 aromatic heterocycles. The second kappa shape index (κ2) is 10.5. The molecule has 0 radical (unpaired) electrons. The molecule has 0 spiro atoms. The number of ether oxygens (including phenoxy) is 1. The van der Waals surface area contributed by atoms with E-state index in [1.807, 2.05) is 0 Å². The number of carbonyl (C=O) groups excluding carboxylic acids is 3. The van der Waals surface area contributed by atoms with Gasteiger partial charge < -0.3 is 25.6 Å². The molecular weight excluding hydrogens is 522 g/mol. The molecule has 2 aliphatic rings. The van der Waals surface area contributed by atoms with E-state index in [-0.39, 0.29) is 47.7 Å². The first-order chi connectivity index (χ1) is 19.0. The Morgan fingerprint density at radius 2 is 1.73 bits per heavy atom. The lowest BCUT2D eigenvalue weighted by molar-refractivity contribution is -0.122. The van der Waals surface area contributed by atoms with Crippen molar-refractivity contribution in [1.29, 1.82) is 0 Å². The van der Waals surface area contributed by atoms with E-state index in [1.165, 1.54) is 11.0 Å². The minimum absolute atomic E-state index is 0.110. The number of fused-ring (bicyclic) bond motifs is 1. The van der Waals surface area contributed by atoms with Crippen molar-refractivity contribution in [3.63, 3.8) is 0 Å². The molecule has 40 heavy (non-hydrogen) atoms. The first-order valence-corrected chi connectivity index (χ1v) is 12.7. The Labute approximate surface area is 229 Å². The number of amides is 3. The molecule has 3 N–H and O–H groups in total. The maximum atomic E-state index is 14.4. The van der Waals surface area contributed by atoms with Crippen LogP contribution >= 0.6 is 0 Å². The number of nitrogens with one attached hydrogen (secondary N) is 3. The van der Waals surface area contributed by atoms with Crippen LogP contribution in [0.3, 0.4) is 0 Å². The number of anilines is 2. The van der Waals surface area contributed by atoms with Gasteiger partial charge in [-0.2, -0.15) is 0 Å². The minimum Gasteiger partial charge on any atom is -0.444 e. The van der Waals surface area contributed by atoms with Crippen LogP contribution in [0.1, 0.15) is 42.4 Å². The van der Waals surface area contributed by atoms with Crippen molar-refractivity contribution in [2.24, 2.45) is 0 Å². The van der Waals surface area contributed by atoms with E-state index in [1.54, 1.807) is 45.0 Å². The topological polar surface area (TPSA) is 126 Å². The van der Waals surface area contributed by atoms with Gasteiger partial charge in [0.25, 0.3) is 5.91 Å². The number of halogens is 2. The van der Waals surface area contributed by atoms with Crippen LogP contribution < -0.4 is 16.0 Å². The largest absolute Gasteiger partial charge is 0.444 e. The molecule has 3 heterocycles. The molecule has 3 aromatic rings. The molecule has 10 nitrogen and oxygen atoms in total. The standard InChI is InChI=1S/C28H28F2N6O4/c1-28(2,3)40-27(39)36-13-17(14-36)32-21(37)11-15-7-9-16(10-8-15)33-25-23-20(12-31-26(23)38)34-24(35-25)22-18(29)5-4-6-19(22)30/h4-10,17H,11-14H2,1-3H3,(H,31,38)(H,32,37)(H,33,34,35). The van der Waals surface area contributed by atoms with Gasteiger partial charge in [0.2, 0.25) is 5.91 Å². The van der Waals surface area contributed by atoms with Crippen LogP contribution in [0, 0.1) is 11.6 Å². The third-order valence-electron chi connectivity index (χ3n) is 6.29. The van der Waals surface area contributed by atoms with Crippen molar-refractivity contribution < 1.29 is 27.9 Å². The number of likely N-dealkylation sites (tertiary alicyclic amines) is 1. The summed E-state index contributed by atoms with van der Waals surface area (Å²) >= 11 is 0. The van der Waals surface area contributed by atoms with Crippen molar-refractivity contribution >= 4 is 29.4 Å². The Kier molecular flexibility index (Phi) is 7.09. The molecule has 2 aliphatic heterocycles. The van der Waals surface area contributed by atoms with Crippen LogP contribution in [0.2, 0.25) is 0 Å². The summed E-state index contributed by atoms with van der Waals surface area (Å²) < 4.78 is 34.1. The summed E-state index contributed by atoms with van der Waals surface area (Å²) in [4.78, 5) is 47.0. The Morgan fingerprint density at radius 1 is 1.05 bits per heavy atom. The first-order valence-electron chi connectivity index (χ1n) is 12.7. The molecule has 0 atom stereocenters. The molecule has 0 aliphatic carbocycles. The van der Waals surface area contributed by atoms with Crippen molar-refractivity contribution in [2.75, 3.05) is 18.4 Å². The number of rotatable bonds is 6. The van der Waals surface area contributed by atoms with Crippen molar-refractivity contribution in [3.8, 4) is 11.4 Å². The smallest absolute Gasteiger partial charge is 0.410 e. The summed E-state index contributed by atoms with van der Waals surface area (Å²) in [5.41, 5.74) is 0.865. The van der Waals surface area contributed by atoms with Crippen molar-refractivity contribution in [1.82, 2.24) is 25.5 Å². The number of aromatic nitrogens is 2. The Bertz CT molecular complexity index is 1460. The SMILES string of the molecule is CC(C)(C)OC(=O)N1CC(NC(=O)Cc2ccc(Nc3nc(-c4c(F)cccc4F)nc4c3C(=O)NC4)cc2)C1. The van der Waals surface area contributed by atoms with Gasteiger partial charge >= 0.3 is 6.09 Å². The van der Waals surface area contributed by atoms with E-state index in [0.29, 0.717) is 24.5 Å². The van der Waals surface area contributed by atoms with E-state index in [4.69, 9.17) is 4.74 Å². The van der Waals surface area contributed by atoms with Gasteiger partial charge in [-0.05, 0) is 50.6 Å². The highest BCUT2D eigenvalue weighted by molar-refractivity contribution is 6.03. The van der Waals surface area contributed by atoms with Gasteiger partial charge in [0, 0.05) is 18.8 Å². The summed E-state index contributed by atoms with van der Waals surface area (Å²) in [7, 11) is 0. The lowest BCUT2D eigenvalue weighted by atomic mass is 10.1. The average Bonchev–Trinajstić information content (AvgIpc) is 3.22. The summed E-state index contributed by atoms with van der Waals surface area (Å²) in [6, 6.07) is 10.2. The lowest BCUT2D eigenvalue weighted by Crippen LogP contribution is -2.61. The molecule has 1 saturated heterocycles. The maximum absolute atomic E-state index is 14.4. The fraction of sp³-hybridized carbons (Fsp3) is 0.321. The van der Waals surface area contributed by atoms with Crippen molar-refractivity contribution in [2.45, 2.75) is 45.4 Å². The van der Waals surface area contributed by atoms with Crippen LogP contribution in [-0.4, -0.2) is 57.5 Å². The van der Waals surface area contributed by atoms with Crippen molar-refractivity contribution in [3.05, 3.63) is 70.9 Å². The van der Waals surface area contributed by atoms with Crippen LogP contribution in [0.25, 0.3) is 11.4 Å². The van der Waals surface area contributed by atoms with Gasteiger partial charge in [0.05, 0.1) is 30.3 Å². The summed E-state index contributed by atoms with van der Waals surface area (Å²) in [6.45, 7) is 6.28. The predicted molar refractivity (Wildman–Crippen MR) is 142 cm³/mol. The number of nitrogens with zero attached hydrogens (tertiary/aromatic N) is 3. The van der Waals surface area contributed by atoms with Crippen LogP contribution in [0.5, 0.6) is 0 Å². The number of benzene rings is 2. The summed E-state index contributed by atoms with van der Waals surface area (Å²) in [5, 5.41) is 8.60. The third kappa shape index (κ3) is 5.85. The second-order valence-electron chi connectivity index (χ2n) is 10.6. The minimum atomic E-state index is -0.815. The van der Waals surface area contributed by atoms with E-state index >= 15 is 0 Å². The van der Waals surface area contributed by atoms with Gasteiger partial charge in [-0.15, -0.1) is 0 Å². The van der Waals surface area contributed by atoms with Gasteiger partial charge in [0.1, 0.15) is 28.6 Å². The fourth-order valence-electron chi connectivity index (χ4n) is 4.39. The fourth-order valence-corrected chi connectivity index (χ4v) is 4.39. The van der Waals surface area contributed by atoms with E-state index in [0.717, 1.165) is 17.7 Å². The predicted octanol–water partition coefficient (Wildman–Crippen LogP) is 3.69. The molecule has 208 valence electrons. The van der Waals surface area contributed by atoms with Crippen LogP contribution in [0.4, 0.5) is 25.1 Å². The average molecular weight is 551 g/mol. The third-order valence-corrected chi connectivity index (χ3v) is 6.29. The lowest BCUT2D eigenvalue weighted by Gasteiger charge is -2.40. The van der Waals surface area contributed by atoms with Crippen LogP contribution in [0.15, 0.2) is 42.5 Å². The first kappa shape index (κ1) is 27.0. The second-order valence-corrected chi connectivity index (χ2v) is 10.6. The highest BCUT2D eigenvalue weighted by Gasteiger charge is 2.34. The van der Waals surface area contributed by atoms with E-state index in [2.05, 4.69) is 25.9 Å². The Balaban J connectivity index is 1.23. The highest BCUT2D eigenvalue weighted by atomic mass is 19.1. The van der Waals surface area contributed by atoms with Crippen LogP contribution in [-0.2, 0) is 22.5 Å². The van der Waals surface area contributed by atoms with Gasteiger partial charge in [0.15, 0.2) is 5.82 Å². The summed E-state index contributed by atoms with van der Waals surface area (Å²) in [6.07, 6.45) is -0.273. The Morgan fingerprint density at radius 3 is 2.38 bits per heavy atom. The van der Waals surface area contributed by atoms with E-state index < -0.39 is 29.2 Å². The monoisotopic (exact) mass is 550 g/mol. The molecule has 0 unspecified atom stereocenters. The van der Waals surface area contributed by atoms with E-state index in [9.17, 15) is 23.2 Å². The zero-order valence-electron chi connectivity index (χ0n) is 22.2. The number of carbonyl (C=O) groups is 3. The molecule has 5 rings (SSSR count). The summed E-state index contributed by atoms with van der Waals surface area (Å²) in [5.74, 6) is -2.27. The Hall–Kier alpha value is -4.61. The quantitative estimate of drug-likeness (QED) is 0.428.